The van der Waals surface area contributed by atoms with Gasteiger partial charge in [0.1, 0.15) is 5.82 Å². The lowest BCUT2D eigenvalue weighted by Crippen LogP contribution is -2.35. The molecule has 0 atom stereocenters. The summed E-state index contributed by atoms with van der Waals surface area (Å²) in [5, 5.41) is 6.66. The SMILES string of the molecule is COc1cc(N2CCC(C)CC2)nc(NC(=S)NC(C)C)n1. The first-order chi connectivity index (χ1) is 10.5. The van der Waals surface area contributed by atoms with E-state index in [1.54, 1.807) is 7.11 Å². The highest BCUT2D eigenvalue weighted by molar-refractivity contribution is 7.80. The molecule has 0 aromatic carbocycles. The fourth-order valence-corrected chi connectivity index (χ4v) is 2.70. The van der Waals surface area contributed by atoms with Gasteiger partial charge in [0.2, 0.25) is 11.8 Å². The van der Waals surface area contributed by atoms with Gasteiger partial charge >= 0.3 is 0 Å². The Hall–Kier alpha value is -1.63. The number of anilines is 2. The summed E-state index contributed by atoms with van der Waals surface area (Å²) in [6.45, 7) is 8.37. The van der Waals surface area contributed by atoms with Gasteiger partial charge in [0, 0.05) is 25.2 Å². The van der Waals surface area contributed by atoms with Crippen molar-refractivity contribution in [3.63, 3.8) is 0 Å². The van der Waals surface area contributed by atoms with Crippen LogP contribution in [0.2, 0.25) is 0 Å². The molecule has 1 aliphatic heterocycles. The van der Waals surface area contributed by atoms with Gasteiger partial charge in [-0.15, -0.1) is 0 Å². The molecule has 0 radical (unpaired) electrons. The smallest absolute Gasteiger partial charge is 0.234 e. The number of hydrogen-bond donors (Lipinski definition) is 2. The maximum atomic E-state index is 5.29. The largest absolute Gasteiger partial charge is 0.481 e. The van der Waals surface area contributed by atoms with Crippen LogP contribution in [0.25, 0.3) is 0 Å². The summed E-state index contributed by atoms with van der Waals surface area (Å²) in [4.78, 5) is 11.2. The highest BCUT2D eigenvalue weighted by Crippen LogP contribution is 2.24. The molecule has 0 spiro atoms. The van der Waals surface area contributed by atoms with Gasteiger partial charge in [0.05, 0.1) is 7.11 Å². The maximum Gasteiger partial charge on any atom is 0.234 e. The van der Waals surface area contributed by atoms with E-state index in [0.29, 0.717) is 16.9 Å². The Labute approximate surface area is 137 Å². The minimum absolute atomic E-state index is 0.258. The highest BCUT2D eigenvalue weighted by atomic mass is 32.1. The Morgan fingerprint density at radius 1 is 1.36 bits per heavy atom. The Morgan fingerprint density at radius 3 is 2.64 bits per heavy atom. The second-order valence-corrected chi connectivity index (χ2v) is 6.42. The van der Waals surface area contributed by atoms with Crippen molar-refractivity contribution in [2.45, 2.75) is 39.7 Å². The second-order valence-electron chi connectivity index (χ2n) is 6.01. The molecular formula is C15H25N5OS. The summed E-state index contributed by atoms with van der Waals surface area (Å²) in [6, 6.07) is 2.13. The Kier molecular flexibility index (Phi) is 5.76. The van der Waals surface area contributed by atoms with Crippen molar-refractivity contribution in [1.29, 1.82) is 0 Å². The van der Waals surface area contributed by atoms with Crippen molar-refractivity contribution in [3.8, 4) is 5.88 Å². The highest BCUT2D eigenvalue weighted by Gasteiger charge is 2.19. The lowest BCUT2D eigenvalue weighted by molar-refractivity contribution is 0.396. The molecule has 0 unspecified atom stereocenters. The average molecular weight is 323 g/mol. The van der Waals surface area contributed by atoms with Crippen LogP contribution < -0.4 is 20.3 Å². The van der Waals surface area contributed by atoms with Crippen molar-refractivity contribution < 1.29 is 4.74 Å². The van der Waals surface area contributed by atoms with E-state index in [1.165, 1.54) is 12.8 Å². The fraction of sp³-hybridized carbons (Fsp3) is 0.667. The van der Waals surface area contributed by atoms with Gasteiger partial charge in [0.25, 0.3) is 0 Å². The van der Waals surface area contributed by atoms with Crippen LogP contribution in [0, 0.1) is 5.92 Å². The van der Waals surface area contributed by atoms with Gasteiger partial charge in [-0.2, -0.15) is 9.97 Å². The van der Waals surface area contributed by atoms with Crippen LogP contribution in [0.15, 0.2) is 6.07 Å². The van der Waals surface area contributed by atoms with Gasteiger partial charge in [-0.3, -0.25) is 0 Å². The Balaban J connectivity index is 2.13. The normalized spacial score (nSPS) is 15.8. The first kappa shape index (κ1) is 16.7. The number of hydrogen-bond acceptors (Lipinski definition) is 5. The number of thiocarbonyl (C=S) groups is 1. The third-order valence-electron chi connectivity index (χ3n) is 3.65. The number of nitrogens with one attached hydrogen (secondary N) is 2. The van der Waals surface area contributed by atoms with E-state index < -0.39 is 0 Å². The summed E-state index contributed by atoms with van der Waals surface area (Å²) in [5.41, 5.74) is 0. The van der Waals surface area contributed by atoms with Crippen LogP contribution in [-0.4, -0.2) is 41.3 Å². The molecule has 1 aromatic rings. The van der Waals surface area contributed by atoms with Gasteiger partial charge in [-0.1, -0.05) is 6.92 Å². The van der Waals surface area contributed by atoms with Crippen LogP contribution in [0.1, 0.15) is 33.6 Å². The van der Waals surface area contributed by atoms with E-state index in [-0.39, 0.29) is 6.04 Å². The molecule has 7 heteroatoms. The Bertz CT molecular complexity index is 515. The monoisotopic (exact) mass is 323 g/mol. The predicted molar refractivity (Wildman–Crippen MR) is 93.7 cm³/mol. The molecule has 122 valence electrons. The number of methoxy groups -OCH3 is 1. The van der Waals surface area contributed by atoms with Crippen molar-refractivity contribution in [1.82, 2.24) is 15.3 Å². The predicted octanol–water partition coefficient (Wildman–Crippen LogP) is 2.42. The molecule has 1 saturated heterocycles. The minimum atomic E-state index is 0.258. The second kappa shape index (κ2) is 7.58. The van der Waals surface area contributed by atoms with E-state index in [2.05, 4.69) is 32.4 Å². The molecule has 0 amide bonds. The molecule has 0 aliphatic carbocycles. The zero-order valence-corrected chi connectivity index (χ0v) is 14.5. The summed E-state index contributed by atoms with van der Waals surface area (Å²) < 4.78 is 5.29. The fourth-order valence-electron chi connectivity index (χ4n) is 2.37. The van der Waals surface area contributed by atoms with Gasteiger partial charge in [-0.05, 0) is 44.8 Å². The quantitative estimate of drug-likeness (QED) is 0.825. The molecule has 2 N–H and O–H groups in total. The average Bonchev–Trinajstić information content (AvgIpc) is 2.46. The lowest BCUT2D eigenvalue weighted by Gasteiger charge is -2.31. The van der Waals surface area contributed by atoms with E-state index in [9.17, 15) is 0 Å². The van der Waals surface area contributed by atoms with Gasteiger partial charge in [0.15, 0.2) is 5.11 Å². The molecule has 6 nitrogen and oxygen atoms in total. The van der Waals surface area contributed by atoms with Crippen LogP contribution in [0.5, 0.6) is 5.88 Å². The molecule has 2 heterocycles. The topological polar surface area (TPSA) is 62.3 Å². The minimum Gasteiger partial charge on any atom is -0.481 e. The van der Waals surface area contributed by atoms with E-state index >= 15 is 0 Å². The van der Waals surface area contributed by atoms with Crippen molar-refractivity contribution in [2.75, 3.05) is 30.4 Å². The van der Waals surface area contributed by atoms with Crippen LogP contribution in [0.3, 0.4) is 0 Å². The van der Waals surface area contributed by atoms with Gasteiger partial charge in [-0.25, -0.2) is 0 Å². The first-order valence-electron chi connectivity index (χ1n) is 7.73. The molecule has 2 rings (SSSR count). The summed E-state index contributed by atoms with van der Waals surface area (Å²) in [7, 11) is 1.61. The summed E-state index contributed by atoms with van der Waals surface area (Å²) >= 11 is 5.25. The number of piperidine rings is 1. The third kappa shape index (κ3) is 4.69. The molecule has 0 bridgehead atoms. The van der Waals surface area contributed by atoms with E-state index in [0.717, 1.165) is 24.8 Å². The molecule has 1 aliphatic rings. The van der Waals surface area contributed by atoms with Crippen LogP contribution in [-0.2, 0) is 0 Å². The number of aromatic nitrogens is 2. The third-order valence-corrected chi connectivity index (χ3v) is 3.87. The summed E-state index contributed by atoms with van der Waals surface area (Å²) in [6.07, 6.45) is 2.37. The number of nitrogens with zero attached hydrogens (tertiary/aromatic N) is 3. The number of rotatable bonds is 4. The molecular weight excluding hydrogens is 298 g/mol. The number of ether oxygens (including phenoxy) is 1. The Morgan fingerprint density at radius 2 is 2.05 bits per heavy atom. The van der Waals surface area contributed by atoms with Crippen LogP contribution in [0.4, 0.5) is 11.8 Å². The molecule has 0 saturated carbocycles. The van der Waals surface area contributed by atoms with E-state index in [4.69, 9.17) is 17.0 Å². The van der Waals surface area contributed by atoms with Crippen molar-refractivity contribution in [3.05, 3.63) is 6.07 Å². The van der Waals surface area contributed by atoms with Gasteiger partial charge < -0.3 is 20.3 Å². The zero-order valence-electron chi connectivity index (χ0n) is 13.7. The summed E-state index contributed by atoms with van der Waals surface area (Å²) in [5.74, 6) is 2.67. The molecule has 1 aromatic heterocycles. The standard InChI is InChI=1S/C15H25N5OS/c1-10(2)16-15(22)19-14-17-12(9-13(18-14)21-4)20-7-5-11(3)6-8-20/h9-11H,5-8H2,1-4H3,(H2,16,17,18,19,22). The molecule has 1 fully saturated rings. The molecule has 22 heavy (non-hydrogen) atoms. The first-order valence-corrected chi connectivity index (χ1v) is 8.14. The maximum absolute atomic E-state index is 5.29. The van der Waals surface area contributed by atoms with Crippen molar-refractivity contribution in [2.24, 2.45) is 5.92 Å². The van der Waals surface area contributed by atoms with Crippen LogP contribution >= 0.6 is 12.2 Å². The van der Waals surface area contributed by atoms with Crippen molar-refractivity contribution >= 4 is 29.1 Å². The van der Waals surface area contributed by atoms with E-state index in [1.807, 2.05) is 19.9 Å². The lowest BCUT2D eigenvalue weighted by atomic mass is 9.99. The zero-order chi connectivity index (χ0) is 16.1.